The summed E-state index contributed by atoms with van der Waals surface area (Å²) in [5.74, 6) is 1.49. The zero-order valence-corrected chi connectivity index (χ0v) is 20.6. The van der Waals surface area contributed by atoms with Crippen molar-refractivity contribution in [3.8, 4) is 11.5 Å². The molecule has 0 radical (unpaired) electrons. The molecule has 156 valence electrons. The minimum Gasteiger partial charge on any atom is -0.455 e. The first-order valence-corrected chi connectivity index (χ1v) is 11.6. The molecule has 1 aromatic heterocycles. The van der Waals surface area contributed by atoms with Crippen LogP contribution in [0.2, 0.25) is 0 Å². The Bertz CT molecular complexity index is 1120. The molecule has 3 N–H and O–H groups in total. The number of H-pyrrole nitrogens is 1. The molecule has 3 aromatic rings. The molecule has 3 nitrogen and oxygen atoms in total. The molecule has 0 aliphatic heterocycles. The molecule has 0 bridgehead atoms. The van der Waals surface area contributed by atoms with Crippen LogP contribution in [0, 0.1) is 0 Å². The molecule has 2 aromatic carbocycles. The first kappa shape index (κ1) is 22.4. The molecule has 0 spiro atoms. The molecule has 1 aliphatic rings. The summed E-state index contributed by atoms with van der Waals surface area (Å²) in [4.78, 5) is 3.37. The van der Waals surface area contributed by atoms with Gasteiger partial charge < -0.3 is 15.5 Å². The van der Waals surface area contributed by atoms with Gasteiger partial charge in [-0.15, -0.1) is 0 Å². The molecule has 1 heterocycles. The Labute approximate surface area is 195 Å². The number of ether oxygens (including phenoxy) is 1. The van der Waals surface area contributed by atoms with Crippen molar-refractivity contribution >= 4 is 48.5 Å². The van der Waals surface area contributed by atoms with Gasteiger partial charge in [0.15, 0.2) is 5.75 Å². The Balaban J connectivity index is 0.00000124. The summed E-state index contributed by atoms with van der Waals surface area (Å²) in [6.45, 7) is 6.13. The number of allylic oxidation sites excluding steroid dienone is 6. The lowest BCUT2D eigenvalue weighted by molar-refractivity contribution is 0.477. The SMILES string of the molecule is CC.CC1=CCC=C(Cc2c[nH]c3ccc(Oc4c(Br)cc(N)cc4Br)cc23)C=C1. The van der Waals surface area contributed by atoms with E-state index in [9.17, 15) is 0 Å². The third kappa shape index (κ3) is 5.27. The third-order valence-corrected chi connectivity index (χ3v) is 5.93. The highest BCUT2D eigenvalue weighted by molar-refractivity contribution is 9.11. The summed E-state index contributed by atoms with van der Waals surface area (Å²) in [6.07, 6.45) is 12.9. The number of benzene rings is 2. The second-order valence-corrected chi connectivity index (χ2v) is 8.62. The van der Waals surface area contributed by atoms with E-state index in [-0.39, 0.29) is 0 Å². The number of aromatic nitrogens is 1. The molecule has 0 unspecified atom stereocenters. The first-order chi connectivity index (χ1) is 14.5. The lowest BCUT2D eigenvalue weighted by Gasteiger charge is -2.11. The Morgan fingerprint density at radius 2 is 1.77 bits per heavy atom. The van der Waals surface area contributed by atoms with Gasteiger partial charge in [-0.1, -0.05) is 43.7 Å². The van der Waals surface area contributed by atoms with Crippen molar-refractivity contribution < 1.29 is 4.74 Å². The molecule has 0 fully saturated rings. The maximum absolute atomic E-state index is 6.15. The van der Waals surface area contributed by atoms with Crippen LogP contribution in [-0.2, 0) is 6.42 Å². The number of fused-ring (bicyclic) bond motifs is 1. The van der Waals surface area contributed by atoms with E-state index in [2.05, 4.69) is 86.4 Å². The van der Waals surface area contributed by atoms with Gasteiger partial charge in [-0.25, -0.2) is 0 Å². The maximum Gasteiger partial charge on any atom is 0.155 e. The Morgan fingerprint density at radius 1 is 1.03 bits per heavy atom. The van der Waals surface area contributed by atoms with Crippen LogP contribution in [0.5, 0.6) is 11.5 Å². The number of hydrogen-bond acceptors (Lipinski definition) is 2. The van der Waals surface area contributed by atoms with Gasteiger partial charge in [-0.2, -0.15) is 0 Å². The number of hydrogen-bond donors (Lipinski definition) is 2. The van der Waals surface area contributed by atoms with Crippen LogP contribution >= 0.6 is 31.9 Å². The number of anilines is 1. The summed E-state index contributed by atoms with van der Waals surface area (Å²) in [5, 5.41) is 1.17. The van der Waals surface area contributed by atoms with Crippen LogP contribution in [0.15, 0.2) is 80.9 Å². The molecular formula is C25H26Br2N2O. The van der Waals surface area contributed by atoms with E-state index in [0.717, 1.165) is 33.1 Å². The number of nitrogen functional groups attached to an aromatic ring is 1. The number of nitrogens with one attached hydrogen (secondary N) is 1. The van der Waals surface area contributed by atoms with Crippen LogP contribution in [0.3, 0.4) is 0 Å². The summed E-state index contributed by atoms with van der Waals surface area (Å²) >= 11 is 7.06. The second kappa shape index (κ2) is 10.2. The predicted octanol–water partition coefficient (Wildman–Crippen LogP) is 8.47. The Kier molecular flexibility index (Phi) is 7.62. The predicted molar refractivity (Wildman–Crippen MR) is 135 cm³/mol. The topological polar surface area (TPSA) is 51.0 Å². The van der Waals surface area contributed by atoms with Gasteiger partial charge in [0.25, 0.3) is 0 Å². The van der Waals surface area contributed by atoms with Crippen molar-refractivity contribution in [2.75, 3.05) is 5.73 Å². The van der Waals surface area contributed by atoms with Crippen LogP contribution in [0.25, 0.3) is 10.9 Å². The fraction of sp³-hybridized carbons (Fsp3) is 0.200. The fourth-order valence-electron chi connectivity index (χ4n) is 3.28. The number of halogens is 2. The summed E-state index contributed by atoms with van der Waals surface area (Å²) in [5.41, 5.74) is 11.5. The highest BCUT2D eigenvalue weighted by atomic mass is 79.9. The molecule has 4 rings (SSSR count). The second-order valence-electron chi connectivity index (χ2n) is 6.91. The van der Waals surface area contributed by atoms with Crippen molar-refractivity contribution in [1.82, 2.24) is 4.98 Å². The van der Waals surface area contributed by atoms with Crippen LogP contribution in [0.4, 0.5) is 5.69 Å². The molecule has 0 atom stereocenters. The van der Waals surface area contributed by atoms with E-state index in [1.807, 2.05) is 32.0 Å². The fourth-order valence-corrected chi connectivity index (χ4v) is 4.67. The quantitative estimate of drug-likeness (QED) is 0.333. The minimum absolute atomic E-state index is 0.670. The highest BCUT2D eigenvalue weighted by Gasteiger charge is 2.12. The van der Waals surface area contributed by atoms with Crippen molar-refractivity contribution in [3.63, 3.8) is 0 Å². The summed E-state index contributed by atoms with van der Waals surface area (Å²) in [6, 6.07) is 9.77. The third-order valence-electron chi connectivity index (χ3n) is 4.75. The zero-order valence-electron chi connectivity index (χ0n) is 17.4. The lowest BCUT2D eigenvalue weighted by Crippen LogP contribution is -1.91. The van der Waals surface area contributed by atoms with Gasteiger partial charge in [0.1, 0.15) is 5.75 Å². The van der Waals surface area contributed by atoms with E-state index in [1.165, 1.54) is 22.1 Å². The lowest BCUT2D eigenvalue weighted by atomic mass is 10.0. The van der Waals surface area contributed by atoms with Gasteiger partial charge in [-0.05, 0) is 93.1 Å². The molecule has 0 amide bonds. The van der Waals surface area contributed by atoms with Gasteiger partial charge in [0.2, 0.25) is 0 Å². The van der Waals surface area contributed by atoms with Gasteiger partial charge in [-0.3, -0.25) is 0 Å². The summed E-state index contributed by atoms with van der Waals surface area (Å²) < 4.78 is 7.77. The smallest absolute Gasteiger partial charge is 0.155 e. The van der Waals surface area contributed by atoms with Crippen molar-refractivity contribution in [1.29, 1.82) is 0 Å². The maximum atomic E-state index is 6.15. The normalized spacial score (nSPS) is 13.2. The van der Waals surface area contributed by atoms with Crippen LogP contribution < -0.4 is 10.5 Å². The van der Waals surface area contributed by atoms with E-state index in [1.54, 1.807) is 0 Å². The van der Waals surface area contributed by atoms with Gasteiger partial charge in [0, 0.05) is 22.8 Å². The molecule has 30 heavy (non-hydrogen) atoms. The minimum atomic E-state index is 0.670. The van der Waals surface area contributed by atoms with E-state index in [4.69, 9.17) is 10.5 Å². The van der Waals surface area contributed by atoms with E-state index < -0.39 is 0 Å². The molecule has 0 saturated carbocycles. The molecule has 1 aliphatic carbocycles. The number of aromatic amines is 1. The Morgan fingerprint density at radius 3 is 2.50 bits per heavy atom. The standard InChI is InChI=1S/C23H20Br2N2O.C2H6/c1-14-3-2-4-15(6-5-14)9-16-13-27-22-8-7-18(12-19(16)22)28-23-20(24)10-17(26)11-21(23)25;1-2/h3-8,10-13,27H,2,9,26H2,1H3;1-2H3. The van der Waals surface area contributed by atoms with Gasteiger partial charge >= 0.3 is 0 Å². The average Bonchev–Trinajstić information content (AvgIpc) is 3.00. The van der Waals surface area contributed by atoms with E-state index >= 15 is 0 Å². The molecule has 5 heteroatoms. The molecule has 0 saturated heterocycles. The average molecular weight is 530 g/mol. The van der Waals surface area contributed by atoms with Crippen molar-refractivity contribution in [3.05, 3.63) is 86.5 Å². The Hall–Kier alpha value is -2.24. The van der Waals surface area contributed by atoms with Crippen LogP contribution in [0.1, 0.15) is 32.8 Å². The summed E-state index contributed by atoms with van der Waals surface area (Å²) in [7, 11) is 0. The highest BCUT2D eigenvalue weighted by Crippen LogP contribution is 2.39. The first-order valence-electron chi connectivity index (χ1n) is 10.1. The monoisotopic (exact) mass is 528 g/mol. The molecular weight excluding hydrogens is 504 g/mol. The van der Waals surface area contributed by atoms with E-state index in [0.29, 0.717) is 11.4 Å². The number of rotatable bonds is 4. The largest absolute Gasteiger partial charge is 0.455 e. The van der Waals surface area contributed by atoms with Gasteiger partial charge in [0.05, 0.1) is 8.95 Å². The zero-order chi connectivity index (χ0) is 21.7. The number of nitrogens with two attached hydrogens (primary N) is 1. The van der Waals surface area contributed by atoms with Crippen molar-refractivity contribution in [2.24, 2.45) is 0 Å². The van der Waals surface area contributed by atoms with Crippen LogP contribution in [-0.4, -0.2) is 4.98 Å². The van der Waals surface area contributed by atoms with Crippen molar-refractivity contribution in [2.45, 2.75) is 33.6 Å².